The maximum absolute atomic E-state index is 5.42. The lowest BCUT2D eigenvalue weighted by molar-refractivity contribution is 0.355. The molecule has 0 spiro atoms. The van der Waals surface area contributed by atoms with Crippen molar-refractivity contribution in [3.8, 4) is 23.0 Å². The van der Waals surface area contributed by atoms with Gasteiger partial charge in [0, 0.05) is 29.6 Å². The number of aryl methyl sites for hydroxylation is 1. The lowest BCUT2D eigenvalue weighted by Gasteiger charge is -2.14. The average Bonchev–Trinajstić information content (AvgIpc) is 2.73. The van der Waals surface area contributed by atoms with Gasteiger partial charge in [-0.25, -0.2) is 4.98 Å². The lowest BCUT2D eigenvalue weighted by Crippen LogP contribution is -2.03. The van der Waals surface area contributed by atoms with Gasteiger partial charge in [-0.1, -0.05) is 0 Å². The van der Waals surface area contributed by atoms with E-state index in [0.29, 0.717) is 34.8 Å². The van der Waals surface area contributed by atoms with Gasteiger partial charge >= 0.3 is 0 Å². The molecule has 0 atom stereocenters. The zero-order chi connectivity index (χ0) is 20.8. The number of nitrogens with zero attached hydrogens (tertiary/aromatic N) is 2. The molecule has 0 saturated heterocycles. The first-order chi connectivity index (χ1) is 14.1. The molecule has 0 unspecified atom stereocenters. The highest BCUT2D eigenvalue weighted by molar-refractivity contribution is 5.66. The minimum Gasteiger partial charge on any atom is -0.497 e. The highest BCUT2D eigenvalue weighted by atomic mass is 16.5. The summed E-state index contributed by atoms with van der Waals surface area (Å²) in [5, 5.41) is 6.46. The molecule has 2 aromatic carbocycles. The molecule has 0 aliphatic heterocycles. The van der Waals surface area contributed by atoms with Crippen LogP contribution in [0.4, 0.5) is 23.1 Å². The van der Waals surface area contributed by atoms with Crippen LogP contribution in [0.1, 0.15) is 5.69 Å². The number of benzene rings is 2. The number of nitrogens with one attached hydrogen (secondary N) is 2. The van der Waals surface area contributed by atoms with Crippen molar-refractivity contribution in [2.75, 3.05) is 39.1 Å². The van der Waals surface area contributed by atoms with Gasteiger partial charge < -0.3 is 29.6 Å². The summed E-state index contributed by atoms with van der Waals surface area (Å²) in [5.74, 6) is 3.70. The molecule has 2 N–H and O–H groups in total. The second-order valence-electron chi connectivity index (χ2n) is 6.10. The smallest absolute Gasteiger partial charge is 0.229 e. The van der Waals surface area contributed by atoms with Crippen LogP contribution in [0.3, 0.4) is 0 Å². The van der Waals surface area contributed by atoms with Gasteiger partial charge in [-0.05, 0) is 31.2 Å². The molecule has 152 valence electrons. The van der Waals surface area contributed by atoms with Gasteiger partial charge in [-0.15, -0.1) is 0 Å². The van der Waals surface area contributed by atoms with E-state index < -0.39 is 0 Å². The Hall–Kier alpha value is -3.68. The third-order valence-electron chi connectivity index (χ3n) is 4.17. The van der Waals surface area contributed by atoms with Crippen LogP contribution in [-0.4, -0.2) is 38.4 Å². The number of hydrogen-bond donors (Lipinski definition) is 2. The molecule has 0 aliphatic carbocycles. The molecule has 0 amide bonds. The Balaban J connectivity index is 1.85. The fraction of sp³-hybridized carbons (Fsp3) is 0.238. The van der Waals surface area contributed by atoms with E-state index in [2.05, 4.69) is 20.6 Å². The number of ether oxygens (including phenoxy) is 4. The highest BCUT2D eigenvalue weighted by Crippen LogP contribution is 2.32. The van der Waals surface area contributed by atoms with Crippen molar-refractivity contribution in [2.24, 2.45) is 0 Å². The second-order valence-corrected chi connectivity index (χ2v) is 6.10. The van der Waals surface area contributed by atoms with E-state index >= 15 is 0 Å². The van der Waals surface area contributed by atoms with Gasteiger partial charge in [-0.3, -0.25) is 0 Å². The first kappa shape index (κ1) is 20.1. The molecule has 3 rings (SSSR count). The van der Waals surface area contributed by atoms with Gasteiger partial charge in [-0.2, -0.15) is 4.98 Å². The molecule has 0 aliphatic rings. The summed E-state index contributed by atoms with van der Waals surface area (Å²) in [6, 6.07) is 12.9. The van der Waals surface area contributed by atoms with Crippen LogP contribution in [0, 0.1) is 6.92 Å². The summed E-state index contributed by atoms with van der Waals surface area (Å²) in [4.78, 5) is 9.00. The summed E-state index contributed by atoms with van der Waals surface area (Å²) in [6.45, 7) is 1.90. The summed E-state index contributed by atoms with van der Waals surface area (Å²) in [6.07, 6.45) is 0. The molecule has 1 aromatic heterocycles. The average molecular weight is 396 g/mol. The van der Waals surface area contributed by atoms with Crippen molar-refractivity contribution in [3.63, 3.8) is 0 Å². The second kappa shape index (κ2) is 9.01. The van der Waals surface area contributed by atoms with Crippen LogP contribution < -0.4 is 29.6 Å². The van der Waals surface area contributed by atoms with Crippen LogP contribution in [-0.2, 0) is 0 Å². The monoisotopic (exact) mass is 396 g/mol. The minimum atomic E-state index is 0.441. The highest BCUT2D eigenvalue weighted by Gasteiger charge is 2.10. The van der Waals surface area contributed by atoms with E-state index in [1.807, 2.05) is 43.3 Å². The number of aromatic nitrogens is 2. The van der Waals surface area contributed by atoms with Crippen LogP contribution in [0.2, 0.25) is 0 Å². The van der Waals surface area contributed by atoms with Crippen molar-refractivity contribution >= 4 is 23.1 Å². The Bertz CT molecular complexity index is 994. The van der Waals surface area contributed by atoms with Gasteiger partial charge in [0.2, 0.25) is 5.95 Å². The molecule has 3 aromatic rings. The molecule has 0 radical (unpaired) electrons. The topological polar surface area (TPSA) is 86.8 Å². The minimum absolute atomic E-state index is 0.441. The van der Waals surface area contributed by atoms with Crippen LogP contribution in [0.5, 0.6) is 23.0 Å². The SMILES string of the molecule is COc1ccc(Nc2nc(C)cc(Nc3ccc(OC)c(OC)c3)n2)c(OC)c1. The molecular formula is C21H24N4O4. The van der Waals surface area contributed by atoms with Gasteiger partial charge in [0.05, 0.1) is 34.1 Å². The Morgan fingerprint density at radius 2 is 1.45 bits per heavy atom. The molecule has 0 saturated carbocycles. The van der Waals surface area contributed by atoms with Crippen molar-refractivity contribution in [1.29, 1.82) is 0 Å². The fourth-order valence-electron chi connectivity index (χ4n) is 2.77. The zero-order valence-electron chi connectivity index (χ0n) is 17.1. The molecule has 0 fully saturated rings. The first-order valence-corrected chi connectivity index (χ1v) is 8.90. The lowest BCUT2D eigenvalue weighted by atomic mass is 10.2. The largest absolute Gasteiger partial charge is 0.497 e. The van der Waals surface area contributed by atoms with E-state index in [1.165, 1.54) is 0 Å². The third kappa shape index (κ3) is 4.78. The normalized spacial score (nSPS) is 10.2. The fourth-order valence-corrected chi connectivity index (χ4v) is 2.77. The Morgan fingerprint density at radius 1 is 0.690 bits per heavy atom. The van der Waals surface area contributed by atoms with E-state index in [0.717, 1.165) is 17.1 Å². The molecule has 29 heavy (non-hydrogen) atoms. The van der Waals surface area contributed by atoms with Gasteiger partial charge in [0.25, 0.3) is 0 Å². The molecular weight excluding hydrogens is 372 g/mol. The third-order valence-corrected chi connectivity index (χ3v) is 4.17. The van der Waals surface area contributed by atoms with Crippen molar-refractivity contribution in [1.82, 2.24) is 9.97 Å². The summed E-state index contributed by atoms with van der Waals surface area (Å²) >= 11 is 0. The predicted octanol–water partition coefficient (Wildman–Crippen LogP) is 4.31. The predicted molar refractivity (Wildman–Crippen MR) is 112 cm³/mol. The maximum atomic E-state index is 5.42. The van der Waals surface area contributed by atoms with E-state index in [1.54, 1.807) is 34.5 Å². The first-order valence-electron chi connectivity index (χ1n) is 8.90. The maximum Gasteiger partial charge on any atom is 0.229 e. The number of hydrogen-bond acceptors (Lipinski definition) is 8. The van der Waals surface area contributed by atoms with Crippen LogP contribution in [0.15, 0.2) is 42.5 Å². The van der Waals surface area contributed by atoms with E-state index in [9.17, 15) is 0 Å². The quantitative estimate of drug-likeness (QED) is 0.583. The Morgan fingerprint density at radius 3 is 2.14 bits per heavy atom. The summed E-state index contributed by atoms with van der Waals surface area (Å²) in [5.41, 5.74) is 2.35. The zero-order valence-corrected chi connectivity index (χ0v) is 17.1. The van der Waals surface area contributed by atoms with Crippen LogP contribution >= 0.6 is 0 Å². The van der Waals surface area contributed by atoms with E-state index in [-0.39, 0.29) is 0 Å². The van der Waals surface area contributed by atoms with Crippen molar-refractivity contribution in [2.45, 2.75) is 6.92 Å². The van der Waals surface area contributed by atoms with E-state index in [4.69, 9.17) is 18.9 Å². The summed E-state index contributed by atoms with van der Waals surface area (Å²) < 4.78 is 21.3. The van der Waals surface area contributed by atoms with Gasteiger partial charge in [0.15, 0.2) is 11.5 Å². The van der Waals surface area contributed by atoms with Crippen LogP contribution in [0.25, 0.3) is 0 Å². The molecule has 1 heterocycles. The number of methoxy groups -OCH3 is 4. The van der Waals surface area contributed by atoms with Crippen molar-refractivity contribution < 1.29 is 18.9 Å². The number of anilines is 4. The molecule has 8 nitrogen and oxygen atoms in total. The Labute approximate surface area is 169 Å². The summed E-state index contributed by atoms with van der Waals surface area (Å²) in [7, 11) is 6.41. The van der Waals surface area contributed by atoms with Gasteiger partial charge in [0.1, 0.15) is 17.3 Å². The Kier molecular flexibility index (Phi) is 6.23. The molecule has 0 bridgehead atoms. The van der Waals surface area contributed by atoms with Crippen molar-refractivity contribution in [3.05, 3.63) is 48.2 Å². The standard InChI is InChI=1S/C21H24N4O4/c1-13-10-20(23-14-6-9-17(27-3)19(11-14)29-5)25-21(22-13)24-16-8-7-15(26-2)12-18(16)28-4/h6-12H,1-5H3,(H2,22,23,24,25). The molecule has 8 heteroatoms. The number of rotatable bonds is 8.